The van der Waals surface area contributed by atoms with E-state index in [0.717, 1.165) is 46.4 Å². The van der Waals surface area contributed by atoms with Crippen molar-refractivity contribution in [2.24, 2.45) is 5.92 Å². The van der Waals surface area contributed by atoms with Gasteiger partial charge >= 0.3 is 4.87 Å². The number of anilines is 3. The number of hydrogen-bond acceptors (Lipinski definition) is 7. The number of hydrogen-bond donors (Lipinski definition) is 1. The first-order valence-corrected chi connectivity index (χ1v) is 17.5. The van der Waals surface area contributed by atoms with Crippen LogP contribution in [0.3, 0.4) is 0 Å². The molecule has 3 heterocycles. The van der Waals surface area contributed by atoms with Crippen molar-refractivity contribution in [2.45, 2.75) is 36.6 Å². The van der Waals surface area contributed by atoms with Crippen LogP contribution in [0, 0.1) is 5.92 Å². The molecule has 1 N–H and O–H groups in total. The van der Waals surface area contributed by atoms with Crippen LogP contribution >= 0.6 is 34.7 Å². The van der Waals surface area contributed by atoms with Gasteiger partial charge < -0.3 is 10.2 Å². The molecule has 47 heavy (non-hydrogen) atoms. The highest BCUT2D eigenvalue weighted by molar-refractivity contribution is 8.00. The maximum Gasteiger partial charge on any atom is 0.308 e. The van der Waals surface area contributed by atoms with Gasteiger partial charge in [0.05, 0.1) is 16.6 Å². The standard InChI is InChI=1S/C36H31ClN4O4S2/c1-3-39(4-2)26-15-10-22(11-16-26)29-30-31(34(44)41(33(30)43)27-17-12-24(37)13-18-27)46-35-32(29)47-36(45)40(35)20-28(42)38-25-14-9-21-7-5-6-8-23(21)19-25/h5-19,29-31H,3-4,20H2,1-2H3,(H,38,42)/t29-,30-,31+/m0/s1. The third-order valence-electron chi connectivity index (χ3n) is 8.85. The van der Waals surface area contributed by atoms with Gasteiger partial charge in [-0.05, 0) is 78.7 Å². The number of imide groups is 1. The topological polar surface area (TPSA) is 91.7 Å². The van der Waals surface area contributed by atoms with Gasteiger partial charge in [-0.2, -0.15) is 0 Å². The number of rotatable bonds is 8. The van der Waals surface area contributed by atoms with Crippen LogP contribution in [-0.4, -0.2) is 40.6 Å². The van der Waals surface area contributed by atoms with Gasteiger partial charge in [0.2, 0.25) is 17.7 Å². The molecular formula is C36H31ClN4O4S2. The number of amides is 3. The largest absolute Gasteiger partial charge is 0.372 e. The zero-order chi connectivity index (χ0) is 32.8. The summed E-state index contributed by atoms with van der Waals surface area (Å²) in [6.45, 7) is 5.66. The molecule has 8 nitrogen and oxygen atoms in total. The number of nitrogens with zero attached hydrogens (tertiary/aromatic N) is 3. The number of aromatic nitrogens is 1. The molecule has 0 spiro atoms. The highest BCUT2D eigenvalue weighted by atomic mass is 35.5. The van der Waals surface area contributed by atoms with E-state index in [1.54, 1.807) is 24.3 Å². The molecular weight excluding hydrogens is 652 g/mol. The summed E-state index contributed by atoms with van der Waals surface area (Å²) >= 11 is 8.35. The van der Waals surface area contributed by atoms with E-state index in [4.69, 9.17) is 11.6 Å². The number of carbonyl (C=O) groups is 3. The minimum atomic E-state index is -0.776. The number of fused-ring (bicyclic) bond motifs is 3. The second-order valence-electron chi connectivity index (χ2n) is 11.5. The first-order valence-electron chi connectivity index (χ1n) is 15.4. The molecule has 7 rings (SSSR count). The Labute approximate surface area is 284 Å². The normalized spacial score (nSPS) is 18.7. The Morgan fingerprint density at radius 1 is 0.872 bits per heavy atom. The third-order valence-corrected chi connectivity index (χ3v) is 11.7. The summed E-state index contributed by atoms with van der Waals surface area (Å²) in [6.07, 6.45) is 0. The number of nitrogens with one attached hydrogen (secondary N) is 1. The second kappa shape index (κ2) is 12.7. The molecule has 1 saturated heterocycles. The van der Waals surface area contributed by atoms with Crippen molar-refractivity contribution in [3.8, 4) is 0 Å². The summed E-state index contributed by atoms with van der Waals surface area (Å²) in [6, 6.07) is 28.2. The number of benzene rings is 4. The fourth-order valence-corrected chi connectivity index (χ4v) is 9.45. The lowest BCUT2D eigenvalue weighted by Gasteiger charge is -2.31. The molecule has 0 radical (unpaired) electrons. The Hall–Kier alpha value is -4.38. The van der Waals surface area contributed by atoms with Crippen molar-refractivity contribution in [3.63, 3.8) is 0 Å². The van der Waals surface area contributed by atoms with E-state index >= 15 is 0 Å². The zero-order valence-electron chi connectivity index (χ0n) is 25.7. The van der Waals surface area contributed by atoms with Crippen molar-refractivity contribution in [1.29, 1.82) is 0 Å². The van der Waals surface area contributed by atoms with E-state index in [1.807, 2.05) is 66.7 Å². The Morgan fingerprint density at radius 2 is 1.57 bits per heavy atom. The Bertz CT molecular complexity index is 2070. The molecule has 3 atom stereocenters. The summed E-state index contributed by atoms with van der Waals surface area (Å²) in [7, 11) is 0. The Kier molecular flexibility index (Phi) is 8.42. The molecule has 2 aliphatic rings. The number of thioether (sulfide) groups is 1. The lowest BCUT2D eigenvalue weighted by molar-refractivity contribution is -0.122. The van der Waals surface area contributed by atoms with Crippen LogP contribution in [0.25, 0.3) is 10.8 Å². The maximum atomic E-state index is 14.2. The van der Waals surface area contributed by atoms with Crippen LogP contribution in [-0.2, 0) is 20.9 Å². The number of carbonyl (C=O) groups excluding carboxylic acids is 3. The molecule has 4 aromatic carbocycles. The lowest BCUT2D eigenvalue weighted by Crippen LogP contribution is -2.33. The molecule has 11 heteroatoms. The molecule has 2 aliphatic heterocycles. The van der Waals surface area contributed by atoms with Gasteiger partial charge in [-0.1, -0.05) is 77.2 Å². The van der Waals surface area contributed by atoms with Crippen LogP contribution in [0.2, 0.25) is 5.02 Å². The van der Waals surface area contributed by atoms with E-state index < -0.39 is 17.1 Å². The van der Waals surface area contributed by atoms with Gasteiger partial charge in [0.15, 0.2) is 0 Å². The average Bonchev–Trinajstić information content (AvgIpc) is 3.52. The predicted octanol–water partition coefficient (Wildman–Crippen LogP) is 7.00. The average molecular weight is 683 g/mol. The van der Waals surface area contributed by atoms with E-state index in [2.05, 4.69) is 24.1 Å². The number of halogens is 1. The quantitative estimate of drug-likeness (QED) is 0.177. The van der Waals surface area contributed by atoms with Crippen molar-refractivity contribution in [2.75, 3.05) is 28.2 Å². The summed E-state index contributed by atoms with van der Waals surface area (Å²) in [5.41, 5.74) is 2.96. The highest BCUT2D eigenvalue weighted by Gasteiger charge is 2.56. The fourth-order valence-electron chi connectivity index (χ4n) is 6.55. The predicted molar refractivity (Wildman–Crippen MR) is 190 cm³/mol. The summed E-state index contributed by atoms with van der Waals surface area (Å²) < 4.78 is 1.44. The summed E-state index contributed by atoms with van der Waals surface area (Å²) in [4.78, 5) is 58.9. The van der Waals surface area contributed by atoms with E-state index in [0.29, 0.717) is 26.3 Å². The van der Waals surface area contributed by atoms with Gasteiger partial charge in [-0.3, -0.25) is 23.7 Å². The van der Waals surface area contributed by atoms with Crippen molar-refractivity contribution in [1.82, 2.24) is 4.57 Å². The molecule has 0 saturated carbocycles. The van der Waals surface area contributed by atoms with Gasteiger partial charge in [-0.15, -0.1) is 0 Å². The van der Waals surface area contributed by atoms with Crippen LogP contribution in [0.1, 0.15) is 30.2 Å². The van der Waals surface area contributed by atoms with E-state index in [9.17, 15) is 19.2 Å². The minimum absolute atomic E-state index is 0.224. The van der Waals surface area contributed by atoms with Gasteiger partial charge in [0, 0.05) is 40.3 Å². The second-order valence-corrected chi connectivity index (χ2v) is 14.1. The van der Waals surface area contributed by atoms with Crippen molar-refractivity contribution >= 4 is 80.3 Å². The lowest BCUT2D eigenvalue weighted by atomic mass is 9.83. The number of thiazole rings is 1. The van der Waals surface area contributed by atoms with E-state index in [1.165, 1.54) is 21.2 Å². The van der Waals surface area contributed by atoms with Crippen LogP contribution < -0.4 is 20.0 Å². The van der Waals surface area contributed by atoms with Gasteiger partial charge in [0.1, 0.15) is 11.8 Å². The third kappa shape index (κ3) is 5.64. The smallest absolute Gasteiger partial charge is 0.308 e. The molecule has 238 valence electrons. The maximum absolute atomic E-state index is 14.2. The highest BCUT2D eigenvalue weighted by Crippen LogP contribution is 2.54. The van der Waals surface area contributed by atoms with E-state index in [-0.39, 0.29) is 29.1 Å². The molecule has 3 amide bonds. The van der Waals surface area contributed by atoms with Crippen LogP contribution in [0.15, 0.2) is 101 Å². The molecule has 0 aliphatic carbocycles. The molecule has 5 aromatic rings. The zero-order valence-corrected chi connectivity index (χ0v) is 28.1. The minimum Gasteiger partial charge on any atom is -0.372 e. The van der Waals surface area contributed by atoms with Crippen molar-refractivity contribution < 1.29 is 14.4 Å². The first-order chi connectivity index (χ1) is 22.8. The van der Waals surface area contributed by atoms with Gasteiger partial charge in [0.25, 0.3) is 0 Å². The molecule has 1 fully saturated rings. The van der Waals surface area contributed by atoms with Crippen LogP contribution in [0.4, 0.5) is 17.1 Å². The first kappa shape index (κ1) is 31.2. The molecule has 1 aromatic heterocycles. The Morgan fingerprint density at radius 3 is 2.28 bits per heavy atom. The van der Waals surface area contributed by atoms with Crippen molar-refractivity contribution in [3.05, 3.63) is 116 Å². The fraction of sp³-hybridized carbons (Fsp3) is 0.222. The summed E-state index contributed by atoms with van der Waals surface area (Å²) in [5, 5.41) is 5.24. The van der Waals surface area contributed by atoms with Crippen LogP contribution in [0.5, 0.6) is 0 Å². The van der Waals surface area contributed by atoms with Gasteiger partial charge in [-0.25, -0.2) is 4.90 Å². The SMILES string of the molecule is CCN(CC)c1ccc([C@@H]2c3sc(=O)n(CC(=O)Nc4ccc5ccccc5c4)c3S[C@H]3C(=O)N(c4ccc(Cl)cc4)C(=O)[C@@H]23)cc1. The molecule has 0 bridgehead atoms. The summed E-state index contributed by atoms with van der Waals surface area (Å²) in [5.74, 6) is -2.30. The molecule has 0 unspecified atom stereocenters. The monoisotopic (exact) mass is 682 g/mol. The Balaban J connectivity index is 1.26.